The van der Waals surface area contributed by atoms with Gasteiger partial charge in [-0.2, -0.15) is 18.3 Å². The number of rotatable bonds is 7. The lowest BCUT2D eigenvalue weighted by Crippen LogP contribution is -2.36. The summed E-state index contributed by atoms with van der Waals surface area (Å²) < 4.78 is 45.1. The summed E-state index contributed by atoms with van der Waals surface area (Å²) in [6.07, 6.45) is -4.52. The summed E-state index contributed by atoms with van der Waals surface area (Å²) in [5.74, 6) is -1.94. The fraction of sp³-hybridized carbons (Fsp3) is 0.389. The average molecular weight is 399 g/mol. The van der Waals surface area contributed by atoms with Gasteiger partial charge >= 0.3 is 12.1 Å². The predicted octanol–water partition coefficient (Wildman–Crippen LogP) is 2.79. The van der Waals surface area contributed by atoms with Gasteiger partial charge in [-0.1, -0.05) is 6.07 Å². The van der Waals surface area contributed by atoms with Crippen LogP contribution in [-0.2, 0) is 20.5 Å². The van der Waals surface area contributed by atoms with Crippen LogP contribution in [0, 0.1) is 13.8 Å². The number of benzene rings is 1. The monoisotopic (exact) mass is 399 g/mol. The van der Waals surface area contributed by atoms with Gasteiger partial charge in [-0.05, 0) is 39.0 Å². The van der Waals surface area contributed by atoms with Gasteiger partial charge in [-0.3, -0.25) is 4.79 Å². The number of amides is 1. The Bertz CT molecular complexity index is 877. The highest BCUT2D eigenvalue weighted by Crippen LogP contribution is 2.31. The van der Waals surface area contributed by atoms with Crippen LogP contribution in [0.5, 0.6) is 0 Å². The van der Waals surface area contributed by atoms with E-state index in [1.54, 1.807) is 6.92 Å². The average Bonchev–Trinajstić information content (AvgIpc) is 2.91. The lowest BCUT2D eigenvalue weighted by Gasteiger charge is -2.16. The first-order valence-electron chi connectivity index (χ1n) is 8.40. The summed E-state index contributed by atoms with van der Waals surface area (Å²) in [7, 11) is 0. The molecule has 10 heteroatoms. The molecule has 0 fully saturated rings. The molecular formula is C18H20F3N3O4. The zero-order valence-corrected chi connectivity index (χ0v) is 15.5. The van der Waals surface area contributed by atoms with Crippen molar-refractivity contribution in [1.29, 1.82) is 0 Å². The number of carboxylic acids is 1. The van der Waals surface area contributed by atoms with Crippen molar-refractivity contribution in [2.24, 2.45) is 0 Å². The zero-order valence-electron chi connectivity index (χ0n) is 15.5. The number of halogens is 3. The molecule has 0 aliphatic rings. The SMILES string of the molecule is CCOCC(=O)NC(C(=O)O)c1c(C)nn(-c2cccc(C(F)(F)F)c2)c1C. The quantitative estimate of drug-likeness (QED) is 0.747. The molecule has 1 heterocycles. The highest BCUT2D eigenvalue weighted by molar-refractivity contribution is 5.85. The van der Waals surface area contributed by atoms with E-state index >= 15 is 0 Å². The van der Waals surface area contributed by atoms with Crippen LogP contribution >= 0.6 is 0 Å². The summed E-state index contributed by atoms with van der Waals surface area (Å²) in [4.78, 5) is 23.6. The molecular weight excluding hydrogens is 379 g/mol. The molecule has 0 spiro atoms. The number of hydrogen-bond acceptors (Lipinski definition) is 4. The van der Waals surface area contributed by atoms with Gasteiger partial charge in [0.15, 0.2) is 6.04 Å². The maximum atomic E-state index is 13.0. The number of aromatic nitrogens is 2. The maximum absolute atomic E-state index is 13.0. The zero-order chi connectivity index (χ0) is 21.1. The van der Waals surface area contributed by atoms with Crippen LogP contribution in [0.1, 0.15) is 35.5 Å². The Morgan fingerprint density at radius 3 is 2.57 bits per heavy atom. The number of alkyl halides is 3. The van der Waals surface area contributed by atoms with Crippen LogP contribution in [0.4, 0.5) is 13.2 Å². The largest absolute Gasteiger partial charge is 0.479 e. The Morgan fingerprint density at radius 1 is 1.32 bits per heavy atom. The third kappa shape index (κ3) is 4.69. The molecule has 7 nitrogen and oxygen atoms in total. The lowest BCUT2D eigenvalue weighted by molar-refractivity contribution is -0.142. The van der Waals surface area contributed by atoms with Crippen LogP contribution in [-0.4, -0.2) is 40.0 Å². The summed E-state index contributed by atoms with van der Waals surface area (Å²) in [6.45, 7) is 4.73. The summed E-state index contributed by atoms with van der Waals surface area (Å²) >= 11 is 0. The van der Waals surface area contributed by atoms with Gasteiger partial charge < -0.3 is 15.2 Å². The van der Waals surface area contributed by atoms with Gasteiger partial charge in [-0.15, -0.1) is 0 Å². The highest BCUT2D eigenvalue weighted by atomic mass is 19.4. The first kappa shape index (κ1) is 21.4. The van der Waals surface area contributed by atoms with Crippen LogP contribution in [0.3, 0.4) is 0 Å². The Balaban J connectivity index is 2.44. The van der Waals surface area contributed by atoms with E-state index < -0.39 is 29.7 Å². The molecule has 2 aromatic rings. The van der Waals surface area contributed by atoms with Gasteiger partial charge in [0.2, 0.25) is 5.91 Å². The first-order chi connectivity index (χ1) is 13.1. The molecule has 0 radical (unpaired) electrons. The van der Waals surface area contributed by atoms with Crippen molar-refractivity contribution in [2.45, 2.75) is 33.0 Å². The Morgan fingerprint density at radius 2 is 2.00 bits per heavy atom. The standard InChI is InChI=1S/C18H20F3N3O4/c1-4-28-9-14(25)22-16(17(26)27)15-10(2)23-24(11(15)3)13-7-5-6-12(8-13)18(19,20)21/h5-8,16H,4,9H2,1-3H3,(H,22,25)(H,26,27). The maximum Gasteiger partial charge on any atom is 0.416 e. The van der Waals surface area contributed by atoms with E-state index in [1.165, 1.54) is 30.7 Å². The third-order valence-corrected chi connectivity index (χ3v) is 4.04. The topological polar surface area (TPSA) is 93.4 Å². The van der Waals surface area contributed by atoms with Gasteiger partial charge in [0.05, 0.1) is 16.9 Å². The molecule has 0 aliphatic carbocycles. The Kier molecular flexibility index (Phi) is 6.45. The Hall–Kier alpha value is -2.88. The molecule has 0 saturated heterocycles. The molecule has 1 atom stereocenters. The van der Waals surface area contributed by atoms with Crippen molar-refractivity contribution in [1.82, 2.24) is 15.1 Å². The molecule has 0 aliphatic heterocycles. The number of nitrogens with zero attached hydrogens (tertiary/aromatic N) is 2. The number of aryl methyl sites for hydroxylation is 1. The van der Waals surface area contributed by atoms with Crippen molar-refractivity contribution in [3.8, 4) is 5.69 Å². The predicted molar refractivity (Wildman–Crippen MR) is 93.1 cm³/mol. The van der Waals surface area contributed by atoms with Crippen LogP contribution < -0.4 is 5.32 Å². The van der Waals surface area contributed by atoms with Crippen molar-refractivity contribution in [3.05, 3.63) is 46.8 Å². The van der Waals surface area contributed by atoms with E-state index in [9.17, 15) is 27.9 Å². The second-order valence-corrected chi connectivity index (χ2v) is 6.02. The van der Waals surface area contributed by atoms with E-state index in [1.807, 2.05) is 0 Å². The number of ether oxygens (including phenoxy) is 1. The summed E-state index contributed by atoms with van der Waals surface area (Å²) in [5, 5.41) is 16.1. The Labute approximate surface area is 159 Å². The first-order valence-corrected chi connectivity index (χ1v) is 8.40. The number of carbonyl (C=O) groups excluding carboxylic acids is 1. The van der Waals surface area contributed by atoms with Gasteiger partial charge in [-0.25, -0.2) is 9.48 Å². The van der Waals surface area contributed by atoms with E-state index in [0.29, 0.717) is 5.69 Å². The molecule has 2 rings (SSSR count). The smallest absolute Gasteiger partial charge is 0.416 e. The third-order valence-electron chi connectivity index (χ3n) is 4.04. The van der Waals surface area contributed by atoms with Crippen LogP contribution in [0.25, 0.3) is 5.69 Å². The van der Waals surface area contributed by atoms with Crippen molar-refractivity contribution >= 4 is 11.9 Å². The molecule has 2 N–H and O–H groups in total. The number of carboxylic acid groups (broad SMARTS) is 1. The van der Waals surface area contributed by atoms with E-state index in [2.05, 4.69) is 10.4 Å². The molecule has 1 aromatic carbocycles. The minimum Gasteiger partial charge on any atom is -0.479 e. The second kappa shape index (κ2) is 8.42. The number of hydrogen-bond donors (Lipinski definition) is 2. The molecule has 152 valence electrons. The highest BCUT2D eigenvalue weighted by Gasteiger charge is 2.32. The van der Waals surface area contributed by atoms with Gasteiger partial charge in [0.25, 0.3) is 0 Å². The van der Waals surface area contributed by atoms with Crippen LogP contribution in [0.15, 0.2) is 24.3 Å². The molecule has 1 unspecified atom stereocenters. The minimum absolute atomic E-state index is 0.131. The van der Waals surface area contributed by atoms with Crippen LogP contribution in [0.2, 0.25) is 0 Å². The second-order valence-electron chi connectivity index (χ2n) is 6.02. The number of nitrogens with one attached hydrogen (secondary N) is 1. The van der Waals surface area contributed by atoms with E-state index in [-0.39, 0.29) is 30.2 Å². The number of aliphatic carboxylic acids is 1. The number of carbonyl (C=O) groups is 2. The van der Waals surface area contributed by atoms with Crippen molar-refractivity contribution in [3.63, 3.8) is 0 Å². The van der Waals surface area contributed by atoms with Gasteiger partial charge in [0.1, 0.15) is 6.61 Å². The molecule has 28 heavy (non-hydrogen) atoms. The summed E-state index contributed by atoms with van der Waals surface area (Å²) in [5.41, 5.74) is 0.0695. The fourth-order valence-electron chi connectivity index (χ4n) is 2.79. The molecule has 1 aromatic heterocycles. The molecule has 0 saturated carbocycles. The van der Waals surface area contributed by atoms with E-state index in [4.69, 9.17) is 4.74 Å². The molecule has 0 bridgehead atoms. The minimum atomic E-state index is -4.52. The van der Waals surface area contributed by atoms with E-state index in [0.717, 1.165) is 12.1 Å². The molecule has 1 amide bonds. The lowest BCUT2D eigenvalue weighted by atomic mass is 10.0. The normalized spacial score (nSPS) is 12.6. The van der Waals surface area contributed by atoms with Gasteiger partial charge in [0, 0.05) is 17.9 Å². The summed E-state index contributed by atoms with van der Waals surface area (Å²) in [6, 6.07) is 3.12. The fourth-order valence-corrected chi connectivity index (χ4v) is 2.79. The van der Waals surface area contributed by atoms with Crippen molar-refractivity contribution < 1.29 is 32.6 Å². The van der Waals surface area contributed by atoms with Crippen molar-refractivity contribution in [2.75, 3.05) is 13.2 Å².